The molecule has 1 aromatic rings. The van der Waals surface area contributed by atoms with E-state index in [0.717, 1.165) is 30.1 Å². The molecular weight excluding hydrogens is 242 g/mol. The summed E-state index contributed by atoms with van der Waals surface area (Å²) in [6.07, 6.45) is 6.52. The minimum atomic E-state index is 0.429. The Morgan fingerprint density at radius 3 is 3.06 bits per heavy atom. The number of halogens is 1. The zero-order valence-corrected chi connectivity index (χ0v) is 11.8. The number of hydrogen-bond donors (Lipinski definition) is 1. The zero-order chi connectivity index (χ0) is 12.8. The minimum absolute atomic E-state index is 0.429. The molecule has 1 fully saturated rings. The van der Waals surface area contributed by atoms with Gasteiger partial charge in [0.2, 0.25) is 0 Å². The lowest BCUT2D eigenvalue weighted by atomic mass is 9.67. The molecule has 1 saturated heterocycles. The van der Waals surface area contributed by atoms with E-state index in [1.807, 2.05) is 6.92 Å². The number of benzene rings is 1. The first-order chi connectivity index (χ1) is 8.65. The van der Waals surface area contributed by atoms with E-state index in [4.69, 9.17) is 11.6 Å². The second-order valence-corrected chi connectivity index (χ2v) is 6.25. The van der Waals surface area contributed by atoms with Gasteiger partial charge in [0, 0.05) is 19.0 Å². The van der Waals surface area contributed by atoms with E-state index in [0.29, 0.717) is 11.3 Å². The Hall–Kier alpha value is -0.790. The van der Waals surface area contributed by atoms with Crippen molar-refractivity contribution in [3.05, 3.63) is 39.9 Å². The standard InChI is InChI=1S/C16H20ClN/c1-3-4-11-5-6-12-13(15(11)17)7-8-16(2)10-18-9-14(12)16/h3-6,14,18H,7-10H2,1-2H3/t14-,16-/m0/s1. The van der Waals surface area contributed by atoms with Crippen LogP contribution in [0.15, 0.2) is 18.2 Å². The Morgan fingerprint density at radius 1 is 1.44 bits per heavy atom. The van der Waals surface area contributed by atoms with Crippen molar-refractivity contribution in [1.82, 2.24) is 5.32 Å². The highest BCUT2D eigenvalue weighted by molar-refractivity contribution is 6.33. The Labute approximate surface area is 114 Å². The summed E-state index contributed by atoms with van der Waals surface area (Å²) in [6.45, 7) is 6.69. The van der Waals surface area contributed by atoms with E-state index in [9.17, 15) is 0 Å². The van der Waals surface area contributed by atoms with Gasteiger partial charge in [-0.15, -0.1) is 0 Å². The predicted octanol–water partition coefficient (Wildman–Crippen LogP) is 4.01. The molecule has 1 N–H and O–H groups in total. The van der Waals surface area contributed by atoms with Crippen LogP contribution in [0, 0.1) is 5.41 Å². The van der Waals surface area contributed by atoms with Crippen molar-refractivity contribution in [3.63, 3.8) is 0 Å². The fourth-order valence-electron chi connectivity index (χ4n) is 3.57. The summed E-state index contributed by atoms with van der Waals surface area (Å²) in [5, 5.41) is 4.52. The molecule has 1 heterocycles. The van der Waals surface area contributed by atoms with Crippen molar-refractivity contribution in [1.29, 1.82) is 0 Å². The zero-order valence-electron chi connectivity index (χ0n) is 11.1. The highest BCUT2D eigenvalue weighted by Gasteiger charge is 2.43. The molecule has 0 unspecified atom stereocenters. The molecule has 0 spiro atoms. The fraction of sp³-hybridized carbons (Fsp3) is 0.500. The summed E-state index contributed by atoms with van der Waals surface area (Å²) in [5.41, 5.74) is 4.45. The monoisotopic (exact) mass is 261 g/mol. The lowest BCUT2D eigenvalue weighted by Gasteiger charge is -2.37. The van der Waals surface area contributed by atoms with Crippen molar-refractivity contribution in [3.8, 4) is 0 Å². The van der Waals surface area contributed by atoms with Crippen molar-refractivity contribution < 1.29 is 0 Å². The van der Waals surface area contributed by atoms with Crippen LogP contribution < -0.4 is 5.32 Å². The van der Waals surface area contributed by atoms with Gasteiger partial charge in [0.15, 0.2) is 0 Å². The Morgan fingerprint density at radius 2 is 2.28 bits per heavy atom. The first-order valence-electron chi connectivity index (χ1n) is 6.80. The summed E-state index contributed by atoms with van der Waals surface area (Å²) in [4.78, 5) is 0. The number of nitrogens with one attached hydrogen (secondary N) is 1. The van der Waals surface area contributed by atoms with E-state index in [2.05, 4.69) is 36.5 Å². The van der Waals surface area contributed by atoms with Crippen molar-refractivity contribution in [2.24, 2.45) is 5.41 Å². The van der Waals surface area contributed by atoms with Gasteiger partial charge in [0.05, 0.1) is 5.02 Å². The minimum Gasteiger partial charge on any atom is -0.316 e. The molecule has 1 nitrogen and oxygen atoms in total. The maximum Gasteiger partial charge on any atom is 0.0513 e. The molecule has 0 amide bonds. The van der Waals surface area contributed by atoms with Gasteiger partial charge in [-0.05, 0) is 41.9 Å². The molecule has 2 aliphatic rings. The molecule has 2 heteroatoms. The van der Waals surface area contributed by atoms with Gasteiger partial charge in [0.25, 0.3) is 0 Å². The van der Waals surface area contributed by atoms with E-state index in [-0.39, 0.29) is 0 Å². The van der Waals surface area contributed by atoms with Gasteiger partial charge in [-0.1, -0.05) is 42.8 Å². The van der Waals surface area contributed by atoms with Gasteiger partial charge < -0.3 is 5.32 Å². The van der Waals surface area contributed by atoms with Crippen LogP contribution in [0.3, 0.4) is 0 Å². The number of hydrogen-bond acceptors (Lipinski definition) is 1. The molecule has 1 aliphatic heterocycles. The maximum atomic E-state index is 6.57. The molecule has 0 aromatic heterocycles. The van der Waals surface area contributed by atoms with Gasteiger partial charge in [-0.25, -0.2) is 0 Å². The Bertz CT molecular complexity index is 506. The molecule has 0 saturated carbocycles. The van der Waals surface area contributed by atoms with Gasteiger partial charge in [-0.3, -0.25) is 0 Å². The highest BCUT2D eigenvalue weighted by atomic mass is 35.5. The third-order valence-corrected chi connectivity index (χ3v) is 5.14. The topological polar surface area (TPSA) is 12.0 Å². The first kappa shape index (κ1) is 12.3. The molecule has 0 radical (unpaired) electrons. The smallest absolute Gasteiger partial charge is 0.0513 e. The average Bonchev–Trinajstić information content (AvgIpc) is 2.75. The molecular formula is C16H20ClN. The van der Waals surface area contributed by atoms with Crippen LogP contribution in [0.25, 0.3) is 6.08 Å². The van der Waals surface area contributed by atoms with Gasteiger partial charge in [-0.2, -0.15) is 0 Å². The van der Waals surface area contributed by atoms with Crippen LogP contribution in [0.2, 0.25) is 5.02 Å². The van der Waals surface area contributed by atoms with E-state index in [1.165, 1.54) is 17.5 Å². The number of allylic oxidation sites excluding steroid dienone is 1. The Kier molecular flexibility index (Phi) is 2.99. The molecule has 2 atom stereocenters. The summed E-state index contributed by atoms with van der Waals surface area (Å²) >= 11 is 6.57. The maximum absolute atomic E-state index is 6.57. The summed E-state index contributed by atoms with van der Waals surface area (Å²) < 4.78 is 0. The van der Waals surface area contributed by atoms with Crippen LogP contribution in [-0.4, -0.2) is 13.1 Å². The summed E-state index contributed by atoms with van der Waals surface area (Å²) in [7, 11) is 0. The molecule has 0 bridgehead atoms. The molecule has 1 aromatic carbocycles. The summed E-state index contributed by atoms with van der Waals surface area (Å²) in [5.74, 6) is 0.637. The predicted molar refractivity (Wildman–Crippen MR) is 78.2 cm³/mol. The third kappa shape index (κ3) is 1.72. The molecule has 1 aliphatic carbocycles. The first-order valence-corrected chi connectivity index (χ1v) is 7.18. The van der Waals surface area contributed by atoms with Crippen LogP contribution >= 0.6 is 11.6 Å². The van der Waals surface area contributed by atoms with E-state index < -0.39 is 0 Å². The van der Waals surface area contributed by atoms with Crippen LogP contribution in [0.4, 0.5) is 0 Å². The lowest BCUT2D eigenvalue weighted by Crippen LogP contribution is -2.30. The highest BCUT2D eigenvalue weighted by Crippen LogP contribution is 2.49. The Balaban J connectivity index is 2.10. The van der Waals surface area contributed by atoms with Gasteiger partial charge >= 0.3 is 0 Å². The molecule has 96 valence electrons. The third-order valence-electron chi connectivity index (χ3n) is 4.70. The number of rotatable bonds is 1. The van der Waals surface area contributed by atoms with Crippen LogP contribution in [0.1, 0.15) is 42.9 Å². The second-order valence-electron chi connectivity index (χ2n) is 5.87. The lowest BCUT2D eigenvalue weighted by molar-refractivity contribution is 0.277. The van der Waals surface area contributed by atoms with Crippen molar-refractivity contribution in [2.75, 3.05) is 13.1 Å². The quantitative estimate of drug-likeness (QED) is 0.805. The van der Waals surface area contributed by atoms with Crippen molar-refractivity contribution >= 4 is 17.7 Å². The molecule has 18 heavy (non-hydrogen) atoms. The van der Waals surface area contributed by atoms with Crippen LogP contribution in [-0.2, 0) is 6.42 Å². The normalized spacial score (nSPS) is 30.5. The number of fused-ring (bicyclic) bond motifs is 3. The van der Waals surface area contributed by atoms with Crippen LogP contribution in [0.5, 0.6) is 0 Å². The average molecular weight is 262 g/mol. The van der Waals surface area contributed by atoms with E-state index in [1.54, 1.807) is 0 Å². The second kappa shape index (κ2) is 4.40. The largest absolute Gasteiger partial charge is 0.316 e. The fourth-order valence-corrected chi connectivity index (χ4v) is 3.90. The SMILES string of the molecule is CC=Cc1ccc2c(c1Cl)CC[C@@]1(C)CNC[C@@H]21. The van der Waals surface area contributed by atoms with E-state index >= 15 is 0 Å². The summed E-state index contributed by atoms with van der Waals surface area (Å²) in [6, 6.07) is 4.47. The van der Waals surface area contributed by atoms with Crippen molar-refractivity contribution in [2.45, 2.75) is 32.6 Å². The van der Waals surface area contributed by atoms with Gasteiger partial charge in [0.1, 0.15) is 0 Å². The molecule has 3 rings (SSSR count).